The van der Waals surface area contributed by atoms with Crippen LogP contribution >= 0.6 is 15.9 Å². The summed E-state index contributed by atoms with van der Waals surface area (Å²) in [5.74, 6) is -0.397. The zero-order valence-electron chi connectivity index (χ0n) is 14.7. The number of esters is 2. The summed E-state index contributed by atoms with van der Waals surface area (Å²) >= 11 is 3.27. The Morgan fingerprint density at radius 1 is 1.23 bits per heavy atom. The van der Waals surface area contributed by atoms with Gasteiger partial charge in [-0.05, 0) is 53.4 Å². The summed E-state index contributed by atoms with van der Waals surface area (Å²) < 4.78 is 11.3. The van der Waals surface area contributed by atoms with E-state index >= 15 is 0 Å². The molecule has 4 rings (SSSR count). The lowest BCUT2D eigenvalue weighted by atomic mass is 9.61. The lowest BCUT2D eigenvalue weighted by Gasteiger charge is -2.47. The van der Waals surface area contributed by atoms with Crippen LogP contribution < -0.4 is 10.9 Å². The molecule has 1 aromatic heterocycles. The summed E-state index contributed by atoms with van der Waals surface area (Å²) in [5.41, 5.74) is -0.427. The number of aromatic nitrogens is 2. The largest absolute Gasteiger partial charge is 0.469 e. The van der Waals surface area contributed by atoms with Gasteiger partial charge in [0.05, 0.1) is 20.1 Å². The Morgan fingerprint density at radius 3 is 2.50 bits per heavy atom. The molecule has 1 heterocycles. The van der Waals surface area contributed by atoms with Gasteiger partial charge in [0, 0.05) is 12.2 Å². The van der Waals surface area contributed by atoms with Crippen LogP contribution in [-0.2, 0) is 25.6 Å². The first-order valence-electron chi connectivity index (χ1n) is 8.62. The van der Waals surface area contributed by atoms with Crippen LogP contribution in [0.4, 0.5) is 5.82 Å². The lowest BCUT2D eigenvalue weighted by molar-refractivity contribution is -0.152. The van der Waals surface area contributed by atoms with E-state index in [1.54, 1.807) is 0 Å². The predicted octanol–water partition coefficient (Wildman–Crippen LogP) is 1.57. The fourth-order valence-corrected chi connectivity index (χ4v) is 4.64. The Kier molecular flexibility index (Phi) is 5.64. The molecule has 0 aliphatic heterocycles. The molecular weight excluding hydrogens is 406 g/mol. The van der Waals surface area contributed by atoms with E-state index in [1.807, 2.05) is 0 Å². The molecule has 26 heavy (non-hydrogen) atoms. The van der Waals surface area contributed by atoms with Crippen molar-refractivity contribution in [3.63, 3.8) is 0 Å². The van der Waals surface area contributed by atoms with Crippen molar-refractivity contribution in [2.45, 2.75) is 38.3 Å². The van der Waals surface area contributed by atoms with Crippen molar-refractivity contribution in [2.24, 2.45) is 17.8 Å². The quantitative estimate of drug-likeness (QED) is 0.711. The standard InChI is InChI=1S/C17H22BrN3O5/c1-25-12(22)8-21-7-11(18)19-15(16(21)23)20-14-10-5-3-9(4-6-10)13(14)17(24)26-2/h7,9-10,13-14H,3-6,8H2,1-2H3,(H,19,20)/t9?,10?,13-,14-/m0/s1. The van der Waals surface area contributed by atoms with Gasteiger partial charge in [0.1, 0.15) is 11.1 Å². The minimum atomic E-state index is -0.527. The highest BCUT2D eigenvalue weighted by Crippen LogP contribution is 2.46. The van der Waals surface area contributed by atoms with E-state index in [0.717, 1.165) is 25.7 Å². The third-order valence-electron chi connectivity index (χ3n) is 5.47. The third kappa shape index (κ3) is 3.62. The Morgan fingerprint density at radius 2 is 1.88 bits per heavy atom. The fraction of sp³-hybridized carbons (Fsp3) is 0.647. The monoisotopic (exact) mass is 427 g/mol. The average molecular weight is 428 g/mol. The normalized spacial score (nSPS) is 27.0. The number of methoxy groups -OCH3 is 2. The molecule has 0 radical (unpaired) electrons. The molecule has 3 aliphatic carbocycles. The summed E-state index contributed by atoms with van der Waals surface area (Å²) in [6.07, 6.45) is 5.47. The molecule has 1 aromatic rings. The maximum absolute atomic E-state index is 12.7. The van der Waals surface area contributed by atoms with Crippen molar-refractivity contribution in [2.75, 3.05) is 19.5 Å². The number of fused-ring (bicyclic) bond motifs is 3. The van der Waals surface area contributed by atoms with Crippen LogP contribution in [0.2, 0.25) is 0 Å². The fourth-order valence-electron chi connectivity index (χ4n) is 4.21. The van der Waals surface area contributed by atoms with E-state index in [2.05, 4.69) is 31.0 Å². The molecule has 0 unspecified atom stereocenters. The Bertz CT molecular complexity index is 757. The lowest BCUT2D eigenvalue weighted by Crippen LogP contribution is -2.52. The second-order valence-corrected chi connectivity index (χ2v) is 7.63. The minimum Gasteiger partial charge on any atom is -0.469 e. The molecule has 0 spiro atoms. The number of anilines is 1. The van der Waals surface area contributed by atoms with E-state index < -0.39 is 11.5 Å². The van der Waals surface area contributed by atoms with Gasteiger partial charge in [0.2, 0.25) is 0 Å². The predicted molar refractivity (Wildman–Crippen MR) is 96.6 cm³/mol. The van der Waals surface area contributed by atoms with E-state index in [9.17, 15) is 14.4 Å². The van der Waals surface area contributed by atoms with Gasteiger partial charge in [-0.15, -0.1) is 0 Å². The van der Waals surface area contributed by atoms with Crippen LogP contribution in [-0.4, -0.2) is 41.8 Å². The van der Waals surface area contributed by atoms with Crippen molar-refractivity contribution in [3.8, 4) is 0 Å². The first kappa shape index (κ1) is 18.9. The molecule has 3 saturated carbocycles. The third-order valence-corrected chi connectivity index (χ3v) is 5.85. The van der Waals surface area contributed by atoms with Crippen LogP contribution in [0.1, 0.15) is 25.7 Å². The molecule has 3 aliphatic rings. The zero-order valence-corrected chi connectivity index (χ0v) is 16.3. The first-order chi connectivity index (χ1) is 12.4. The maximum Gasteiger partial charge on any atom is 0.325 e. The van der Waals surface area contributed by atoms with Crippen molar-refractivity contribution in [1.29, 1.82) is 0 Å². The smallest absolute Gasteiger partial charge is 0.325 e. The molecule has 0 aromatic carbocycles. The van der Waals surface area contributed by atoms with Gasteiger partial charge in [0.25, 0.3) is 5.56 Å². The van der Waals surface area contributed by atoms with Crippen molar-refractivity contribution in [1.82, 2.24) is 9.55 Å². The second kappa shape index (κ2) is 7.77. The van der Waals surface area contributed by atoms with E-state index in [-0.39, 0.29) is 36.2 Å². The van der Waals surface area contributed by atoms with Crippen LogP contribution in [0, 0.1) is 17.8 Å². The summed E-state index contributed by atoms with van der Waals surface area (Å²) in [6, 6.07) is -0.198. The SMILES string of the molecule is COC(=O)Cn1cc(Br)nc(N[C@H]2C3CCC(CC3)[C@@H]2C(=O)OC)c1=O. The molecule has 0 saturated heterocycles. The van der Waals surface area contributed by atoms with Crippen LogP contribution in [0.3, 0.4) is 0 Å². The molecular formula is C17H22BrN3O5. The number of hydrogen-bond donors (Lipinski definition) is 1. The van der Waals surface area contributed by atoms with Crippen LogP contribution in [0.5, 0.6) is 0 Å². The van der Waals surface area contributed by atoms with Crippen LogP contribution in [0.15, 0.2) is 15.6 Å². The Hall–Kier alpha value is -1.90. The molecule has 9 heteroatoms. The Balaban J connectivity index is 1.90. The maximum atomic E-state index is 12.7. The van der Waals surface area contributed by atoms with Crippen molar-refractivity contribution < 1.29 is 19.1 Å². The first-order valence-corrected chi connectivity index (χ1v) is 9.42. The van der Waals surface area contributed by atoms with Crippen molar-refractivity contribution in [3.05, 3.63) is 21.2 Å². The van der Waals surface area contributed by atoms with Gasteiger partial charge in [0.15, 0.2) is 5.82 Å². The molecule has 2 bridgehead atoms. The van der Waals surface area contributed by atoms with E-state index in [0.29, 0.717) is 10.5 Å². The van der Waals surface area contributed by atoms with E-state index in [1.165, 1.54) is 25.0 Å². The highest BCUT2D eigenvalue weighted by molar-refractivity contribution is 9.10. The summed E-state index contributed by atoms with van der Waals surface area (Å²) in [6.45, 7) is -0.206. The summed E-state index contributed by atoms with van der Waals surface area (Å²) in [5, 5.41) is 3.19. The Labute approximate surface area is 159 Å². The molecule has 3 fully saturated rings. The number of nitrogens with zero attached hydrogens (tertiary/aromatic N) is 2. The molecule has 2 atom stereocenters. The molecule has 142 valence electrons. The summed E-state index contributed by atoms with van der Waals surface area (Å²) in [7, 11) is 2.66. The van der Waals surface area contributed by atoms with Gasteiger partial charge in [-0.1, -0.05) is 0 Å². The molecule has 8 nitrogen and oxygen atoms in total. The highest BCUT2D eigenvalue weighted by Gasteiger charge is 2.48. The summed E-state index contributed by atoms with van der Waals surface area (Å²) in [4.78, 5) is 40.8. The van der Waals surface area contributed by atoms with Crippen molar-refractivity contribution >= 4 is 33.7 Å². The van der Waals surface area contributed by atoms with Gasteiger partial charge in [-0.25, -0.2) is 4.98 Å². The highest BCUT2D eigenvalue weighted by atomic mass is 79.9. The number of halogens is 1. The van der Waals surface area contributed by atoms with E-state index in [4.69, 9.17) is 4.74 Å². The number of nitrogens with one attached hydrogen (secondary N) is 1. The number of carbonyl (C=O) groups is 2. The second-order valence-electron chi connectivity index (χ2n) is 6.82. The zero-order chi connectivity index (χ0) is 18.8. The van der Waals surface area contributed by atoms with Crippen LogP contribution in [0.25, 0.3) is 0 Å². The number of carbonyl (C=O) groups excluding carboxylic acids is 2. The average Bonchev–Trinajstić information content (AvgIpc) is 2.65. The topological polar surface area (TPSA) is 99.5 Å². The number of hydrogen-bond acceptors (Lipinski definition) is 7. The van der Waals surface area contributed by atoms with Gasteiger partial charge in [-0.3, -0.25) is 19.0 Å². The number of rotatable bonds is 5. The molecule has 1 N–H and O–H groups in total. The van der Waals surface area contributed by atoms with Gasteiger partial charge >= 0.3 is 11.9 Å². The van der Waals surface area contributed by atoms with Gasteiger partial charge in [-0.2, -0.15) is 0 Å². The number of ether oxygens (including phenoxy) is 2. The molecule has 0 amide bonds. The van der Waals surface area contributed by atoms with Gasteiger partial charge < -0.3 is 14.8 Å². The minimum absolute atomic E-state index is 0.120.